The second-order valence-corrected chi connectivity index (χ2v) is 14.4. The van der Waals surface area contributed by atoms with Crippen molar-refractivity contribution in [2.45, 2.75) is 43.4 Å². The number of sulfonamides is 1. The first-order chi connectivity index (χ1) is 21.1. The second kappa shape index (κ2) is 14.7. The van der Waals surface area contributed by atoms with E-state index in [0.717, 1.165) is 57.5 Å². The van der Waals surface area contributed by atoms with Crippen LogP contribution in [0.25, 0.3) is 0 Å². The Morgan fingerprint density at radius 1 is 0.818 bits per heavy atom. The third-order valence-electron chi connectivity index (χ3n) is 8.74. The smallest absolute Gasteiger partial charge is 0.243 e. The van der Waals surface area contributed by atoms with E-state index in [4.69, 9.17) is 23.2 Å². The summed E-state index contributed by atoms with van der Waals surface area (Å²) in [5, 5.41) is 0.774. The van der Waals surface area contributed by atoms with Crippen molar-refractivity contribution in [3.05, 3.63) is 94.0 Å². The van der Waals surface area contributed by atoms with E-state index in [1.54, 1.807) is 23.1 Å². The topological polar surface area (TPSA) is 60.9 Å². The molecule has 0 spiro atoms. The van der Waals surface area contributed by atoms with Gasteiger partial charge in [0.2, 0.25) is 15.9 Å². The Labute approximate surface area is 268 Å². The maximum Gasteiger partial charge on any atom is 0.243 e. The van der Waals surface area contributed by atoms with Crippen LogP contribution in [0.5, 0.6) is 0 Å². The van der Waals surface area contributed by atoms with Crippen molar-refractivity contribution in [3.8, 4) is 0 Å². The number of halogens is 4. The number of hydrogen-bond donors (Lipinski definition) is 0. The number of carbonyl (C=O) groups excluding carboxylic acids is 1. The number of nitrogens with zero attached hydrogens (tertiary/aromatic N) is 3. The molecule has 0 saturated carbocycles. The Kier molecular flexibility index (Phi) is 11.0. The third-order valence-corrected chi connectivity index (χ3v) is 11.4. The van der Waals surface area contributed by atoms with Crippen LogP contribution in [0.2, 0.25) is 10.0 Å². The van der Waals surface area contributed by atoms with Crippen LogP contribution < -0.4 is 4.90 Å². The van der Waals surface area contributed by atoms with Crippen molar-refractivity contribution < 1.29 is 22.0 Å². The van der Waals surface area contributed by atoms with Gasteiger partial charge in [-0.05, 0) is 124 Å². The lowest BCUT2D eigenvalue weighted by molar-refractivity contribution is -0.123. The molecule has 236 valence electrons. The summed E-state index contributed by atoms with van der Waals surface area (Å²) >= 11 is 12.5. The lowest BCUT2D eigenvalue weighted by Crippen LogP contribution is -2.45. The van der Waals surface area contributed by atoms with Crippen LogP contribution in [0.15, 0.2) is 71.6 Å². The van der Waals surface area contributed by atoms with Gasteiger partial charge < -0.3 is 9.80 Å². The van der Waals surface area contributed by atoms with Gasteiger partial charge in [0.15, 0.2) is 0 Å². The highest BCUT2D eigenvalue weighted by atomic mass is 35.5. The van der Waals surface area contributed by atoms with E-state index in [2.05, 4.69) is 4.90 Å². The lowest BCUT2D eigenvalue weighted by Gasteiger charge is -2.35. The summed E-state index contributed by atoms with van der Waals surface area (Å²) in [6, 6.07) is 16.7. The van der Waals surface area contributed by atoms with Gasteiger partial charge in [0, 0.05) is 31.2 Å². The highest BCUT2D eigenvalue weighted by Gasteiger charge is 2.34. The SMILES string of the molecule is O=C(C1CCN(S(=O)(=O)c2ccc(F)cc2)CC1)N(CCCN1CCC(Cc2ccc(F)cc2)CC1)c1ccc(Cl)c(Cl)c1. The van der Waals surface area contributed by atoms with E-state index in [0.29, 0.717) is 41.0 Å². The second-order valence-electron chi connectivity index (χ2n) is 11.7. The Bertz CT molecular complexity index is 1520. The molecule has 1 amide bonds. The first kappa shape index (κ1) is 32.8. The molecule has 3 aromatic carbocycles. The number of amides is 1. The molecule has 0 atom stereocenters. The summed E-state index contributed by atoms with van der Waals surface area (Å²) < 4.78 is 54.1. The Balaban J connectivity index is 1.17. The van der Waals surface area contributed by atoms with Crippen LogP contribution in [0.3, 0.4) is 0 Å². The molecule has 0 radical (unpaired) electrons. The van der Waals surface area contributed by atoms with E-state index in [9.17, 15) is 22.0 Å². The minimum Gasteiger partial charge on any atom is -0.312 e. The average Bonchev–Trinajstić information content (AvgIpc) is 3.03. The molecule has 2 saturated heterocycles. The van der Waals surface area contributed by atoms with Crippen molar-refractivity contribution in [3.63, 3.8) is 0 Å². The van der Waals surface area contributed by atoms with Crippen molar-refractivity contribution in [2.24, 2.45) is 11.8 Å². The summed E-state index contributed by atoms with van der Waals surface area (Å²) in [6.07, 6.45) is 4.65. The highest BCUT2D eigenvalue weighted by molar-refractivity contribution is 7.89. The fourth-order valence-corrected chi connectivity index (χ4v) is 7.92. The molecule has 2 heterocycles. The third kappa shape index (κ3) is 8.17. The molecule has 0 aromatic heterocycles. The number of benzene rings is 3. The van der Waals surface area contributed by atoms with E-state index in [-0.39, 0.29) is 35.6 Å². The standard InChI is InChI=1S/C33H37Cl2F2N3O3S/c34-31-11-8-29(23-32(31)35)40(17-1-16-38-18-12-25(13-19-38)22-24-2-4-27(36)5-3-24)33(41)26-14-20-39(21-15-26)44(42,43)30-9-6-28(37)7-10-30/h2-11,23,25-26H,1,12-22H2. The zero-order valence-electron chi connectivity index (χ0n) is 24.5. The van der Waals surface area contributed by atoms with Crippen LogP contribution in [0.4, 0.5) is 14.5 Å². The van der Waals surface area contributed by atoms with Gasteiger partial charge in [-0.25, -0.2) is 17.2 Å². The van der Waals surface area contributed by atoms with Crippen LogP contribution in [-0.4, -0.2) is 62.8 Å². The van der Waals surface area contributed by atoms with Gasteiger partial charge in [0.05, 0.1) is 14.9 Å². The highest BCUT2D eigenvalue weighted by Crippen LogP contribution is 2.31. The molecule has 0 unspecified atom stereocenters. The van der Waals surface area contributed by atoms with Gasteiger partial charge in [-0.2, -0.15) is 4.31 Å². The molecule has 2 fully saturated rings. The average molecular weight is 665 g/mol. The summed E-state index contributed by atoms with van der Waals surface area (Å²) in [7, 11) is -3.77. The van der Waals surface area contributed by atoms with Crippen molar-refractivity contribution in [1.82, 2.24) is 9.21 Å². The van der Waals surface area contributed by atoms with Crippen LogP contribution in [-0.2, 0) is 21.2 Å². The van der Waals surface area contributed by atoms with Gasteiger partial charge in [-0.3, -0.25) is 4.79 Å². The molecule has 2 aliphatic heterocycles. The van der Waals surface area contributed by atoms with E-state index in [1.165, 1.54) is 34.1 Å². The zero-order valence-corrected chi connectivity index (χ0v) is 26.8. The molecule has 5 rings (SSSR count). The largest absolute Gasteiger partial charge is 0.312 e. The van der Waals surface area contributed by atoms with Gasteiger partial charge in [-0.15, -0.1) is 0 Å². The van der Waals surface area contributed by atoms with E-state index in [1.807, 2.05) is 12.1 Å². The number of anilines is 1. The number of rotatable bonds is 10. The summed E-state index contributed by atoms with van der Waals surface area (Å²) in [5.74, 6) is -0.533. The fourth-order valence-electron chi connectivity index (χ4n) is 6.16. The molecule has 6 nitrogen and oxygen atoms in total. The normalized spacial score (nSPS) is 17.5. The number of hydrogen-bond acceptors (Lipinski definition) is 4. The Morgan fingerprint density at radius 3 is 2.05 bits per heavy atom. The van der Waals surface area contributed by atoms with E-state index < -0.39 is 15.8 Å². The maximum atomic E-state index is 13.9. The van der Waals surface area contributed by atoms with Crippen LogP contribution >= 0.6 is 23.2 Å². The quantitative estimate of drug-likeness (QED) is 0.233. The molecule has 0 N–H and O–H groups in total. The molecule has 11 heteroatoms. The monoisotopic (exact) mass is 663 g/mol. The summed E-state index contributed by atoms with van der Waals surface area (Å²) in [5.41, 5.74) is 1.84. The molecular weight excluding hydrogens is 627 g/mol. The molecular formula is C33H37Cl2F2N3O3S. The van der Waals surface area contributed by atoms with Crippen molar-refractivity contribution in [2.75, 3.05) is 44.2 Å². The minimum atomic E-state index is -3.77. The van der Waals surface area contributed by atoms with E-state index >= 15 is 0 Å². The molecule has 0 aliphatic carbocycles. The van der Waals surface area contributed by atoms with Crippen molar-refractivity contribution >= 4 is 44.8 Å². The zero-order chi connectivity index (χ0) is 31.3. The molecule has 3 aromatic rings. The fraction of sp³-hybridized carbons (Fsp3) is 0.424. The van der Waals surface area contributed by atoms with Gasteiger partial charge >= 0.3 is 0 Å². The first-order valence-electron chi connectivity index (χ1n) is 15.1. The van der Waals surface area contributed by atoms with Gasteiger partial charge in [0.1, 0.15) is 11.6 Å². The Hall–Kier alpha value is -2.56. The predicted octanol–water partition coefficient (Wildman–Crippen LogP) is 7.05. The van der Waals surface area contributed by atoms with Crippen LogP contribution in [0.1, 0.15) is 37.7 Å². The molecule has 44 heavy (non-hydrogen) atoms. The van der Waals surface area contributed by atoms with Crippen LogP contribution in [0, 0.1) is 23.5 Å². The van der Waals surface area contributed by atoms with Gasteiger partial charge in [0.25, 0.3) is 0 Å². The van der Waals surface area contributed by atoms with Gasteiger partial charge in [-0.1, -0.05) is 35.3 Å². The predicted molar refractivity (Wildman–Crippen MR) is 171 cm³/mol. The summed E-state index contributed by atoms with van der Waals surface area (Å²) in [6.45, 7) is 3.72. The first-order valence-corrected chi connectivity index (χ1v) is 17.3. The molecule has 0 bridgehead atoms. The Morgan fingerprint density at radius 2 is 1.43 bits per heavy atom. The number of carbonyl (C=O) groups is 1. The van der Waals surface area contributed by atoms with Crippen molar-refractivity contribution in [1.29, 1.82) is 0 Å². The number of likely N-dealkylation sites (tertiary alicyclic amines) is 1. The lowest BCUT2D eigenvalue weighted by atomic mass is 9.90. The maximum absolute atomic E-state index is 13.9. The summed E-state index contributed by atoms with van der Waals surface area (Å²) in [4.78, 5) is 18.1. The minimum absolute atomic E-state index is 0.0422. The molecule has 2 aliphatic rings. The number of piperidine rings is 2.